The lowest BCUT2D eigenvalue weighted by molar-refractivity contribution is 0.196. The quantitative estimate of drug-likeness (QED) is 0.620. The number of urea groups is 1. The van der Waals surface area contributed by atoms with Crippen LogP contribution in [0.25, 0.3) is 0 Å². The van der Waals surface area contributed by atoms with E-state index in [-0.39, 0.29) is 6.03 Å². The highest BCUT2D eigenvalue weighted by Crippen LogP contribution is 2.07. The maximum atomic E-state index is 11.2. The van der Waals surface area contributed by atoms with Crippen LogP contribution < -0.4 is 10.6 Å². The van der Waals surface area contributed by atoms with Gasteiger partial charge in [-0.05, 0) is 45.3 Å². The molecule has 1 fully saturated rings. The number of nitrogens with zero attached hydrogens (tertiary/aromatic N) is 1. The van der Waals surface area contributed by atoms with Gasteiger partial charge in [-0.1, -0.05) is 0 Å². The molecule has 0 radical (unpaired) electrons. The van der Waals surface area contributed by atoms with Crippen LogP contribution >= 0.6 is 0 Å². The number of amides is 2. The molecule has 1 aliphatic heterocycles. The first-order valence-corrected chi connectivity index (χ1v) is 6.56. The Morgan fingerprint density at radius 1 is 1.18 bits per heavy atom. The van der Waals surface area contributed by atoms with Crippen molar-refractivity contribution in [3.05, 3.63) is 0 Å². The van der Waals surface area contributed by atoms with E-state index in [0.717, 1.165) is 13.0 Å². The van der Waals surface area contributed by atoms with Gasteiger partial charge in [-0.3, -0.25) is 0 Å². The van der Waals surface area contributed by atoms with Crippen LogP contribution in [0.15, 0.2) is 0 Å². The zero-order chi connectivity index (χ0) is 12.3. The van der Waals surface area contributed by atoms with Crippen molar-refractivity contribution < 1.29 is 9.53 Å². The molecule has 0 unspecified atom stereocenters. The maximum absolute atomic E-state index is 11.2. The van der Waals surface area contributed by atoms with E-state index in [1.54, 1.807) is 7.11 Å². The first kappa shape index (κ1) is 14.3. The van der Waals surface area contributed by atoms with E-state index in [4.69, 9.17) is 4.74 Å². The molecule has 2 N–H and O–H groups in total. The summed E-state index contributed by atoms with van der Waals surface area (Å²) in [6.07, 6.45) is 4.91. The SMILES string of the molecule is COCCNC(=O)NCCCCN1CCCC1. The number of hydrogen-bond donors (Lipinski definition) is 2. The van der Waals surface area contributed by atoms with E-state index in [1.165, 1.54) is 38.9 Å². The third-order valence-electron chi connectivity index (χ3n) is 2.98. The fraction of sp³-hybridized carbons (Fsp3) is 0.917. The lowest BCUT2D eigenvalue weighted by Crippen LogP contribution is -2.37. The van der Waals surface area contributed by atoms with E-state index in [9.17, 15) is 4.79 Å². The Bertz CT molecular complexity index is 206. The van der Waals surface area contributed by atoms with Gasteiger partial charge in [0.05, 0.1) is 6.61 Å². The Hall–Kier alpha value is -0.810. The second-order valence-electron chi connectivity index (χ2n) is 4.43. The first-order valence-electron chi connectivity index (χ1n) is 6.56. The standard InChI is InChI=1S/C12H25N3O2/c1-17-11-7-14-12(16)13-6-2-3-8-15-9-4-5-10-15/h2-11H2,1H3,(H2,13,14,16). The van der Waals surface area contributed by atoms with Crippen LogP contribution in [0, 0.1) is 0 Å². The van der Waals surface area contributed by atoms with Crippen molar-refractivity contribution in [3.63, 3.8) is 0 Å². The first-order chi connectivity index (χ1) is 8.33. The molecular formula is C12H25N3O2. The molecule has 17 heavy (non-hydrogen) atoms. The number of unbranched alkanes of at least 4 members (excludes halogenated alkanes) is 1. The van der Waals surface area contributed by atoms with E-state index >= 15 is 0 Å². The van der Waals surface area contributed by atoms with E-state index in [0.29, 0.717) is 13.2 Å². The lowest BCUT2D eigenvalue weighted by atomic mass is 10.3. The van der Waals surface area contributed by atoms with Crippen molar-refractivity contribution in [2.24, 2.45) is 0 Å². The Labute approximate surface area is 104 Å². The number of rotatable bonds is 8. The number of ether oxygens (including phenoxy) is 1. The third kappa shape index (κ3) is 7.18. The normalized spacial score (nSPS) is 16.1. The Kier molecular flexibility index (Phi) is 7.75. The van der Waals surface area contributed by atoms with Crippen LogP contribution in [-0.4, -0.2) is 57.4 Å². The highest BCUT2D eigenvalue weighted by molar-refractivity contribution is 5.73. The van der Waals surface area contributed by atoms with Gasteiger partial charge in [-0.2, -0.15) is 0 Å². The number of methoxy groups -OCH3 is 1. The van der Waals surface area contributed by atoms with E-state index in [1.807, 2.05) is 0 Å². The average molecular weight is 243 g/mol. The van der Waals surface area contributed by atoms with Gasteiger partial charge in [-0.25, -0.2) is 4.79 Å². The van der Waals surface area contributed by atoms with E-state index in [2.05, 4.69) is 15.5 Å². The number of carbonyl (C=O) groups excluding carboxylic acids is 1. The number of likely N-dealkylation sites (tertiary alicyclic amines) is 1. The van der Waals surface area contributed by atoms with Crippen molar-refractivity contribution in [1.29, 1.82) is 0 Å². The second-order valence-corrected chi connectivity index (χ2v) is 4.43. The van der Waals surface area contributed by atoms with E-state index < -0.39 is 0 Å². The molecule has 0 atom stereocenters. The van der Waals surface area contributed by atoms with Crippen LogP contribution in [-0.2, 0) is 4.74 Å². The minimum atomic E-state index is -0.0942. The van der Waals surface area contributed by atoms with Crippen molar-refractivity contribution in [3.8, 4) is 0 Å². The van der Waals surface area contributed by atoms with Gasteiger partial charge < -0.3 is 20.3 Å². The molecule has 0 aromatic carbocycles. The number of carbonyl (C=O) groups is 1. The molecule has 1 saturated heterocycles. The summed E-state index contributed by atoms with van der Waals surface area (Å²) in [5, 5.41) is 5.57. The highest BCUT2D eigenvalue weighted by Gasteiger charge is 2.09. The summed E-state index contributed by atoms with van der Waals surface area (Å²) in [4.78, 5) is 13.7. The van der Waals surface area contributed by atoms with Crippen molar-refractivity contribution in [2.75, 3.05) is 46.4 Å². The zero-order valence-electron chi connectivity index (χ0n) is 10.8. The fourth-order valence-corrected chi connectivity index (χ4v) is 2.00. The summed E-state index contributed by atoms with van der Waals surface area (Å²) in [6.45, 7) is 5.56. The molecule has 0 aromatic rings. The number of nitrogens with one attached hydrogen (secondary N) is 2. The monoisotopic (exact) mass is 243 g/mol. The predicted molar refractivity (Wildman–Crippen MR) is 68.2 cm³/mol. The number of hydrogen-bond acceptors (Lipinski definition) is 3. The summed E-state index contributed by atoms with van der Waals surface area (Å²) in [5.41, 5.74) is 0. The Balaban J connectivity index is 1.84. The average Bonchev–Trinajstić information content (AvgIpc) is 2.82. The zero-order valence-corrected chi connectivity index (χ0v) is 10.8. The maximum Gasteiger partial charge on any atom is 0.314 e. The molecule has 1 heterocycles. The van der Waals surface area contributed by atoms with Crippen LogP contribution in [0.4, 0.5) is 4.79 Å². The van der Waals surface area contributed by atoms with Gasteiger partial charge in [0, 0.05) is 20.2 Å². The Morgan fingerprint density at radius 3 is 2.59 bits per heavy atom. The minimum Gasteiger partial charge on any atom is -0.383 e. The van der Waals surface area contributed by atoms with Gasteiger partial charge >= 0.3 is 6.03 Å². The van der Waals surface area contributed by atoms with Crippen LogP contribution in [0.3, 0.4) is 0 Å². The van der Waals surface area contributed by atoms with Gasteiger partial charge in [0.25, 0.3) is 0 Å². The largest absolute Gasteiger partial charge is 0.383 e. The third-order valence-corrected chi connectivity index (χ3v) is 2.98. The summed E-state index contributed by atoms with van der Waals surface area (Å²) in [6, 6.07) is -0.0942. The molecule has 0 spiro atoms. The van der Waals surface area contributed by atoms with Gasteiger partial charge in [0.2, 0.25) is 0 Å². The molecule has 100 valence electrons. The van der Waals surface area contributed by atoms with Crippen molar-refractivity contribution in [1.82, 2.24) is 15.5 Å². The molecule has 0 bridgehead atoms. The summed E-state index contributed by atoms with van der Waals surface area (Å²) in [5.74, 6) is 0. The molecule has 0 saturated carbocycles. The minimum absolute atomic E-state index is 0.0942. The lowest BCUT2D eigenvalue weighted by Gasteiger charge is -2.14. The predicted octanol–water partition coefficient (Wildman–Crippen LogP) is 0.808. The van der Waals surface area contributed by atoms with Gasteiger partial charge in [0.1, 0.15) is 0 Å². The molecule has 1 aliphatic rings. The molecule has 0 aliphatic carbocycles. The summed E-state index contributed by atoms with van der Waals surface area (Å²) in [7, 11) is 1.62. The van der Waals surface area contributed by atoms with Crippen LogP contribution in [0.5, 0.6) is 0 Å². The van der Waals surface area contributed by atoms with Gasteiger partial charge in [0.15, 0.2) is 0 Å². The Morgan fingerprint density at radius 2 is 1.88 bits per heavy atom. The molecule has 1 rings (SSSR count). The van der Waals surface area contributed by atoms with Crippen LogP contribution in [0.2, 0.25) is 0 Å². The smallest absolute Gasteiger partial charge is 0.314 e. The second kappa shape index (κ2) is 9.24. The molecule has 2 amide bonds. The topological polar surface area (TPSA) is 53.6 Å². The summed E-state index contributed by atoms with van der Waals surface area (Å²) < 4.78 is 4.84. The molecule has 0 aromatic heterocycles. The molecule has 5 nitrogen and oxygen atoms in total. The highest BCUT2D eigenvalue weighted by atomic mass is 16.5. The van der Waals surface area contributed by atoms with Crippen molar-refractivity contribution >= 4 is 6.03 Å². The van der Waals surface area contributed by atoms with Gasteiger partial charge in [-0.15, -0.1) is 0 Å². The fourth-order valence-electron chi connectivity index (χ4n) is 2.00. The molecule has 5 heteroatoms. The molecular weight excluding hydrogens is 218 g/mol. The van der Waals surface area contributed by atoms with Crippen molar-refractivity contribution in [2.45, 2.75) is 25.7 Å². The summed E-state index contributed by atoms with van der Waals surface area (Å²) >= 11 is 0. The van der Waals surface area contributed by atoms with Crippen LogP contribution in [0.1, 0.15) is 25.7 Å².